The number of fused-ring (bicyclic) bond motifs is 6. The van der Waals surface area contributed by atoms with E-state index in [9.17, 15) is 0 Å². The second-order valence-corrected chi connectivity index (χ2v) is 14.9. The number of nitrogens with zero attached hydrogens (tertiary/aromatic N) is 3. The van der Waals surface area contributed by atoms with E-state index in [4.69, 9.17) is 19.4 Å². The summed E-state index contributed by atoms with van der Waals surface area (Å²) in [6, 6.07) is 48.9. The van der Waals surface area contributed by atoms with Crippen molar-refractivity contribution in [3.8, 4) is 56.4 Å². The van der Waals surface area contributed by atoms with E-state index in [2.05, 4.69) is 118 Å². The molecule has 7 aromatic carbocycles. The van der Waals surface area contributed by atoms with Gasteiger partial charge in [0.15, 0.2) is 17.5 Å². The van der Waals surface area contributed by atoms with E-state index in [0.29, 0.717) is 17.5 Å². The van der Waals surface area contributed by atoms with Gasteiger partial charge in [-0.1, -0.05) is 138 Å². The Morgan fingerprint density at radius 1 is 0.400 bits per heavy atom. The van der Waals surface area contributed by atoms with Crippen LogP contribution >= 0.6 is 0 Å². The van der Waals surface area contributed by atoms with Gasteiger partial charge in [-0.3, -0.25) is 0 Å². The average molecular weight is 699 g/mol. The molecule has 254 valence electrons. The zero-order chi connectivity index (χ0) is 37.4. The lowest BCUT2D eigenvalue weighted by Gasteiger charge is -2.22. The largest absolute Gasteiger partial charge is 0.456 e. The molecule has 0 aliphatic heterocycles. The van der Waals surface area contributed by atoms with Gasteiger partial charge in [-0.25, -0.2) is 15.0 Å². The Morgan fingerprint density at radius 3 is 1.60 bits per heavy atom. The van der Waals surface area contributed by atoms with Crippen molar-refractivity contribution in [3.63, 3.8) is 0 Å². The molecule has 0 N–H and O–H groups in total. The number of hydrogen-bond donors (Lipinski definition) is 0. The fourth-order valence-corrected chi connectivity index (χ4v) is 8.83. The Kier molecular flexibility index (Phi) is 7.81. The Balaban J connectivity index is 1.14. The summed E-state index contributed by atoms with van der Waals surface area (Å²) < 4.78 is 6.94. The van der Waals surface area contributed by atoms with Crippen LogP contribution in [0.3, 0.4) is 0 Å². The molecule has 0 spiro atoms. The quantitative estimate of drug-likeness (QED) is 0.260. The van der Waals surface area contributed by atoms with Crippen LogP contribution in [0.2, 0.25) is 0 Å². The van der Waals surface area contributed by atoms with Crippen LogP contribution in [0.5, 0.6) is 0 Å². The van der Waals surface area contributed by atoms with Crippen molar-refractivity contribution in [2.45, 2.75) is 5.92 Å². The van der Waals surface area contributed by atoms with Gasteiger partial charge in [-0.2, -0.15) is 0 Å². The fourth-order valence-electron chi connectivity index (χ4n) is 8.83. The van der Waals surface area contributed by atoms with Crippen LogP contribution in [0.25, 0.3) is 78.4 Å². The molecule has 2 aromatic heterocycles. The monoisotopic (exact) mass is 699 g/mol. The maximum absolute atomic E-state index is 6.94. The molecule has 1 aliphatic carbocycles. The average Bonchev–Trinajstić information content (AvgIpc) is 3.79. The molecule has 0 amide bonds. The van der Waals surface area contributed by atoms with Crippen molar-refractivity contribution in [1.29, 1.82) is 0 Å². The zero-order valence-electron chi connectivity index (χ0n) is 31.6. The predicted molar refractivity (Wildman–Crippen MR) is 243 cm³/mol. The Hall–Kier alpha value is -6.33. The summed E-state index contributed by atoms with van der Waals surface area (Å²) >= 11 is 0. The fraction of sp³-hybridized carbons (Fsp3) is 0.0217. The number of para-hydroxylation sites is 1. The van der Waals surface area contributed by atoms with Gasteiger partial charge < -0.3 is 4.42 Å². The molecule has 1 atom stereocenters. The normalized spacial score (nSPS) is 13.3. The van der Waals surface area contributed by atoms with Crippen LogP contribution in [-0.4, -0.2) is 54.2 Å². The summed E-state index contributed by atoms with van der Waals surface area (Å²) in [5.41, 5.74) is 20.4. The van der Waals surface area contributed by atoms with E-state index in [1.54, 1.807) is 0 Å². The molecule has 9 heteroatoms. The van der Waals surface area contributed by atoms with Crippen molar-refractivity contribution < 1.29 is 4.42 Å². The highest BCUT2D eigenvalue weighted by Crippen LogP contribution is 2.52. The molecule has 1 aliphatic rings. The number of rotatable bonds is 5. The predicted octanol–water partition coefficient (Wildman–Crippen LogP) is 2.89. The van der Waals surface area contributed by atoms with Crippen LogP contribution in [0.15, 0.2) is 144 Å². The van der Waals surface area contributed by atoms with Crippen molar-refractivity contribution in [3.05, 3.63) is 156 Å². The van der Waals surface area contributed by atoms with Gasteiger partial charge in [-0.15, -0.1) is 16.4 Å². The molecule has 0 saturated carbocycles. The summed E-state index contributed by atoms with van der Waals surface area (Å²) in [6.45, 7) is 0. The SMILES string of the molecule is Bc1c(B)c(B)c(-c2cccc3c2-c2ccccc2C3c2cccc3c2oc2cc(-c4nc(-c5ccccc5)nc(-c5ccccc5)n4)ccc23)c(B)c1B. The highest BCUT2D eigenvalue weighted by atomic mass is 16.3. The molecule has 0 saturated heterocycles. The van der Waals surface area contributed by atoms with Crippen LogP contribution in [0.1, 0.15) is 22.6 Å². The lowest BCUT2D eigenvalue weighted by Crippen LogP contribution is -2.55. The lowest BCUT2D eigenvalue weighted by molar-refractivity contribution is 0.661. The van der Waals surface area contributed by atoms with Crippen molar-refractivity contribution in [2.24, 2.45) is 0 Å². The molecule has 4 nitrogen and oxygen atoms in total. The third kappa shape index (κ3) is 5.25. The molecular formula is C46H34B5N3O. The summed E-state index contributed by atoms with van der Waals surface area (Å²) in [7, 11) is 11.3. The van der Waals surface area contributed by atoms with E-state index in [-0.39, 0.29) is 5.92 Å². The summed E-state index contributed by atoms with van der Waals surface area (Å²) in [5, 5.41) is 2.17. The van der Waals surface area contributed by atoms with Crippen LogP contribution in [0.4, 0.5) is 0 Å². The summed E-state index contributed by atoms with van der Waals surface area (Å²) in [5.74, 6) is 1.90. The minimum absolute atomic E-state index is 0.0218. The first-order valence-corrected chi connectivity index (χ1v) is 19.0. The Bertz CT molecular complexity index is 2910. The third-order valence-electron chi connectivity index (χ3n) is 12.0. The van der Waals surface area contributed by atoms with Gasteiger partial charge >= 0.3 is 0 Å². The minimum Gasteiger partial charge on any atom is -0.456 e. The number of hydrogen-bond acceptors (Lipinski definition) is 4. The Labute approximate surface area is 325 Å². The van der Waals surface area contributed by atoms with Gasteiger partial charge in [0.05, 0.1) is 0 Å². The lowest BCUT2D eigenvalue weighted by atomic mass is 9.59. The molecule has 0 bridgehead atoms. The standard InChI is InChI=1S/C46H34B5N3O/c47-38-37(39(48)41(50)42(51)40(38)49)32-19-10-18-31-35(32)28-15-7-8-16-29(28)36(31)33-20-9-17-30-27-22-21-26(23-34(27)55-43(30)33)46-53-44(24-11-3-1-4-12-24)52-45(54-46)25-13-5-2-6-14-25/h1-23,36H,47-51H2. The van der Waals surface area contributed by atoms with Crippen molar-refractivity contribution in [1.82, 2.24) is 15.0 Å². The first kappa shape index (κ1) is 33.3. The first-order chi connectivity index (χ1) is 26.9. The van der Waals surface area contributed by atoms with E-state index in [1.165, 1.54) is 66.3 Å². The second-order valence-electron chi connectivity index (χ2n) is 14.9. The topological polar surface area (TPSA) is 51.8 Å². The molecule has 0 fully saturated rings. The number of furan rings is 1. The van der Waals surface area contributed by atoms with Gasteiger partial charge in [0, 0.05) is 38.9 Å². The van der Waals surface area contributed by atoms with E-state index >= 15 is 0 Å². The summed E-state index contributed by atoms with van der Waals surface area (Å²) in [6.07, 6.45) is 0. The molecule has 9 aromatic rings. The zero-order valence-corrected chi connectivity index (χ0v) is 31.6. The molecule has 1 unspecified atom stereocenters. The highest BCUT2D eigenvalue weighted by Gasteiger charge is 2.34. The van der Waals surface area contributed by atoms with Gasteiger partial charge in [0.1, 0.15) is 50.4 Å². The number of benzene rings is 7. The number of aromatic nitrogens is 3. The molecule has 2 heterocycles. The molecular weight excluding hydrogens is 665 g/mol. The van der Waals surface area contributed by atoms with E-state index in [1.807, 2.05) is 60.7 Å². The second kappa shape index (κ2) is 12.9. The summed E-state index contributed by atoms with van der Waals surface area (Å²) in [4.78, 5) is 14.9. The molecule has 10 rings (SSSR count). The van der Waals surface area contributed by atoms with E-state index in [0.717, 1.165) is 38.6 Å². The van der Waals surface area contributed by atoms with Gasteiger partial charge in [0.25, 0.3) is 0 Å². The highest BCUT2D eigenvalue weighted by molar-refractivity contribution is 6.68. The first-order valence-electron chi connectivity index (χ1n) is 19.0. The maximum Gasteiger partial charge on any atom is 0.164 e. The maximum atomic E-state index is 6.94. The molecule has 0 radical (unpaired) electrons. The van der Waals surface area contributed by atoms with Gasteiger partial charge in [-0.05, 0) is 45.5 Å². The smallest absolute Gasteiger partial charge is 0.164 e. The van der Waals surface area contributed by atoms with Crippen LogP contribution in [-0.2, 0) is 0 Å². The minimum atomic E-state index is 0.0218. The van der Waals surface area contributed by atoms with Gasteiger partial charge in [0.2, 0.25) is 0 Å². The Morgan fingerprint density at radius 2 is 0.927 bits per heavy atom. The van der Waals surface area contributed by atoms with Crippen LogP contribution in [0, 0.1) is 0 Å². The van der Waals surface area contributed by atoms with Crippen molar-refractivity contribution >= 4 is 88.5 Å². The van der Waals surface area contributed by atoms with E-state index < -0.39 is 0 Å². The van der Waals surface area contributed by atoms with Crippen molar-refractivity contribution in [2.75, 3.05) is 0 Å². The third-order valence-corrected chi connectivity index (χ3v) is 12.0. The van der Waals surface area contributed by atoms with Crippen LogP contribution < -0.4 is 27.3 Å². The molecule has 55 heavy (non-hydrogen) atoms.